The Balaban J connectivity index is 1.98. The van der Waals surface area contributed by atoms with Crippen LogP contribution in [0.1, 0.15) is 12.5 Å². The van der Waals surface area contributed by atoms with E-state index in [-0.39, 0.29) is 0 Å². The van der Waals surface area contributed by atoms with Crippen molar-refractivity contribution in [1.82, 2.24) is 10.6 Å². The monoisotopic (exact) mass is 285 g/mol. The number of benzene rings is 1. The second-order valence-electron chi connectivity index (χ2n) is 4.33. The Morgan fingerprint density at radius 3 is 3.00 bits per heavy atom. The van der Waals surface area contributed by atoms with Crippen molar-refractivity contribution in [3.8, 4) is 12.3 Å². The molecule has 1 aromatic carbocycles. The molecular formula is C16H19N3S. The lowest BCUT2D eigenvalue weighted by Gasteiger charge is -2.08. The van der Waals surface area contributed by atoms with Gasteiger partial charge in [0.1, 0.15) is 0 Å². The van der Waals surface area contributed by atoms with Gasteiger partial charge in [0.2, 0.25) is 0 Å². The number of thiophene rings is 1. The van der Waals surface area contributed by atoms with E-state index in [2.05, 4.69) is 51.2 Å². The summed E-state index contributed by atoms with van der Waals surface area (Å²) in [6.07, 6.45) is 6.19. The van der Waals surface area contributed by atoms with Crippen LogP contribution in [0.3, 0.4) is 0 Å². The van der Waals surface area contributed by atoms with Crippen LogP contribution in [-0.2, 0) is 6.42 Å². The number of guanidine groups is 1. The molecule has 4 heteroatoms. The number of rotatable bonds is 5. The number of nitrogens with one attached hydrogen (secondary N) is 2. The second-order valence-corrected chi connectivity index (χ2v) is 5.24. The number of hydrogen-bond donors (Lipinski definition) is 2. The van der Waals surface area contributed by atoms with Crippen LogP contribution in [0.25, 0.3) is 10.1 Å². The quantitative estimate of drug-likeness (QED) is 0.503. The number of nitrogens with zero attached hydrogens (tertiary/aromatic N) is 1. The van der Waals surface area contributed by atoms with Gasteiger partial charge in [-0.25, -0.2) is 0 Å². The van der Waals surface area contributed by atoms with Crippen LogP contribution in [0.2, 0.25) is 0 Å². The van der Waals surface area contributed by atoms with Crippen LogP contribution in [0.4, 0.5) is 0 Å². The topological polar surface area (TPSA) is 36.4 Å². The minimum Gasteiger partial charge on any atom is -0.357 e. The Hall–Kier alpha value is -1.99. The lowest BCUT2D eigenvalue weighted by Crippen LogP contribution is -2.37. The van der Waals surface area contributed by atoms with Crippen molar-refractivity contribution in [2.24, 2.45) is 4.99 Å². The van der Waals surface area contributed by atoms with Crippen LogP contribution in [0.15, 0.2) is 34.6 Å². The summed E-state index contributed by atoms with van der Waals surface area (Å²) in [6.45, 7) is 4.12. The largest absolute Gasteiger partial charge is 0.357 e. The first-order valence-corrected chi connectivity index (χ1v) is 7.64. The maximum atomic E-state index is 5.25. The highest BCUT2D eigenvalue weighted by Gasteiger charge is 2.02. The fraction of sp³-hybridized carbons (Fsp3) is 0.312. The third-order valence-corrected chi connectivity index (χ3v) is 3.93. The van der Waals surface area contributed by atoms with Gasteiger partial charge in [-0.3, -0.25) is 4.99 Å². The molecule has 0 amide bonds. The summed E-state index contributed by atoms with van der Waals surface area (Å²) in [6, 6.07) is 8.49. The molecule has 0 fully saturated rings. The zero-order valence-corrected chi connectivity index (χ0v) is 12.5. The standard InChI is InChI=1S/C16H19N3S/c1-3-10-18-16(17-4-2)19-11-9-13-12-20-15-8-6-5-7-14(13)15/h1,5-8,12H,4,9-11H2,2H3,(H2,17,18,19). The Labute approximate surface area is 124 Å². The first kappa shape index (κ1) is 14.4. The van der Waals surface area contributed by atoms with E-state index in [1.165, 1.54) is 15.6 Å². The third kappa shape index (κ3) is 3.75. The van der Waals surface area contributed by atoms with Crippen LogP contribution in [0.5, 0.6) is 0 Å². The molecule has 2 rings (SSSR count). The minimum atomic E-state index is 0.493. The van der Waals surface area contributed by atoms with Crippen molar-refractivity contribution in [2.75, 3.05) is 19.6 Å². The molecule has 0 spiro atoms. The SMILES string of the molecule is C#CCNC(=NCCc1csc2ccccc12)NCC. The van der Waals surface area contributed by atoms with E-state index in [1.54, 1.807) is 11.3 Å². The van der Waals surface area contributed by atoms with Gasteiger partial charge in [-0.05, 0) is 35.7 Å². The molecule has 0 aliphatic rings. The third-order valence-electron chi connectivity index (χ3n) is 2.91. The highest BCUT2D eigenvalue weighted by Crippen LogP contribution is 2.25. The van der Waals surface area contributed by atoms with Gasteiger partial charge in [-0.1, -0.05) is 24.1 Å². The smallest absolute Gasteiger partial charge is 0.192 e. The first-order chi connectivity index (χ1) is 9.85. The van der Waals surface area contributed by atoms with Crippen molar-refractivity contribution in [2.45, 2.75) is 13.3 Å². The van der Waals surface area contributed by atoms with Crippen LogP contribution in [0, 0.1) is 12.3 Å². The Morgan fingerprint density at radius 2 is 2.20 bits per heavy atom. The first-order valence-electron chi connectivity index (χ1n) is 6.76. The minimum absolute atomic E-state index is 0.493. The average Bonchev–Trinajstić information content (AvgIpc) is 2.88. The molecule has 0 radical (unpaired) electrons. The lowest BCUT2D eigenvalue weighted by molar-refractivity contribution is 0.857. The van der Waals surface area contributed by atoms with Crippen molar-refractivity contribution < 1.29 is 0 Å². The van der Waals surface area contributed by atoms with Gasteiger partial charge in [0.05, 0.1) is 6.54 Å². The molecule has 1 aromatic heterocycles. The Bertz CT molecular complexity index is 622. The molecule has 0 bridgehead atoms. The number of hydrogen-bond acceptors (Lipinski definition) is 2. The summed E-state index contributed by atoms with van der Waals surface area (Å²) < 4.78 is 1.34. The molecule has 0 aliphatic carbocycles. The van der Waals surface area contributed by atoms with Gasteiger partial charge in [0, 0.05) is 17.8 Å². The molecule has 104 valence electrons. The number of terminal acetylenes is 1. The average molecular weight is 285 g/mol. The van der Waals surface area contributed by atoms with Crippen molar-refractivity contribution in [3.63, 3.8) is 0 Å². The van der Waals surface area contributed by atoms with Crippen LogP contribution >= 0.6 is 11.3 Å². The molecule has 2 N–H and O–H groups in total. The van der Waals surface area contributed by atoms with E-state index in [0.717, 1.165) is 25.5 Å². The van der Waals surface area contributed by atoms with E-state index >= 15 is 0 Å². The molecule has 1 heterocycles. The van der Waals surface area contributed by atoms with Gasteiger partial charge in [0.15, 0.2) is 5.96 Å². The number of fused-ring (bicyclic) bond motifs is 1. The maximum absolute atomic E-state index is 5.25. The summed E-state index contributed by atoms with van der Waals surface area (Å²) in [5.74, 6) is 3.34. The molecule has 3 nitrogen and oxygen atoms in total. The molecule has 20 heavy (non-hydrogen) atoms. The summed E-state index contributed by atoms with van der Waals surface area (Å²) >= 11 is 1.79. The van der Waals surface area contributed by atoms with Crippen LogP contribution < -0.4 is 10.6 Å². The zero-order chi connectivity index (χ0) is 14.2. The Morgan fingerprint density at radius 1 is 1.35 bits per heavy atom. The molecule has 0 saturated heterocycles. The summed E-state index contributed by atoms with van der Waals surface area (Å²) in [5.41, 5.74) is 1.36. The second kappa shape index (κ2) is 7.56. The van der Waals surface area contributed by atoms with Gasteiger partial charge >= 0.3 is 0 Å². The van der Waals surface area contributed by atoms with E-state index in [1.807, 2.05) is 6.92 Å². The lowest BCUT2D eigenvalue weighted by atomic mass is 10.1. The molecule has 0 saturated carbocycles. The number of aliphatic imine (C=N–C) groups is 1. The van der Waals surface area contributed by atoms with Gasteiger partial charge in [-0.15, -0.1) is 17.8 Å². The van der Waals surface area contributed by atoms with E-state index in [9.17, 15) is 0 Å². The van der Waals surface area contributed by atoms with Crippen molar-refractivity contribution >= 4 is 27.4 Å². The van der Waals surface area contributed by atoms with Gasteiger partial charge in [0.25, 0.3) is 0 Å². The van der Waals surface area contributed by atoms with E-state index in [4.69, 9.17) is 6.42 Å². The predicted molar refractivity (Wildman–Crippen MR) is 88.3 cm³/mol. The van der Waals surface area contributed by atoms with Crippen molar-refractivity contribution in [1.29, 1.82) is 0 Å². The van der Waals surface area contributed by atoms with Gasteiger partial charge in [-0.2, -0.15) is 0 Å². The fourth-order valence-electron chi connectivity index (χ4n) is 1.99. The molecule has 0 atom stereocenters. The maximum Gasteiger partial charge on any atom is 0.192 e. The highest BCUT2D eigenvalue weighted by molar-refractivity contribution is 7.17. The molecule has 0 unspecified atom stereocenters. The highest BCUT2D eigenvalue weighted by atomic mass is 32.1. The molecule has 0 aliphatic heterocycles. The summed E-state index contributed by atoms with van der Waals surface area (Å²) in [5, 5.41) is 9.84. The van der Waals surface area contributed by atoms with E-state index in [0.29, 0.717) is 6.54 Å². The summed E-state index contributed by atoms with van der Waals surface area (Å²) in [7, 11) is 0. The zero-order valence-electron chi connectivity index (χ0n) is 11.6. The van der Waals surface area contributed by atoms with E-state index < -0.39 is 0 Å². The predicted octanol–water partition coefficient (Wildman–Crippen LogP) is 2.63. The summed E-state index contributed by atoms with van der Waals surface area (Å²) in [4.78, 5) is 4.54. The molecule has 2 aromatic rings. The normalized spacial score (nSPS) is 11.3. The Kier molecular flexibility index (Phi) is 5.45. The van der Waals surface area contributed by atoms with Crippen molar-refractivity contribution in [3.05, 3.63) is 35.2 Å². The van der Waals surface area contributed by atoms with Gasteiger partial charge < -0.3 is 10.6 Å². The fourth-order valence-corrected chi connectivity index (χ4v) is 2.99. The molecular weight excluding hydrogens is 266 g/mol. The van der Waals surface area contributed by atoms with Crippen LogP contribution in [-0.4, -0.2) is 25.6 Å².